The van der Waals surface area contributed by atoms with Crippen molar-refractivity contribution in [1.82, 2.24) is 4.90 Å². The van der Waals surface area contributed by atoms with E-state index in [4.69, 9.17) is 9.47 Å². The van der Waals surface area contributed by atoms with Gasteiger partial charge in [-0.15, -0.1) is 0 Å². The molecule has 76 valence electrons. The average Bonchev–Trinajstić information content (AvgIpc) is 2.25. The van der Waals surface area contributed by atoms with Crippen molar-refractivity contribution in [3.8, 4) is 0 Å². The Morgan fingerprint density at radius 3 is 2.85 bits per heavy atom. The fourth-order valence-electron chi connectivity index (χ4n) is 1.99. The van der Waals surface area contributed by atoms with E-state index in [1.165, 1.54) is 0 Å². The Kier molecular flexibility index (Phi) is 2.86. The van der Waals surface area contributed by atoms with Crippen LogP contribution >= 0.6 is 0 Å². The van der Waals surface area contributed by atoms with Crippen molar-refractivity contribution in [2.24, 2.45) is 5.92 Å². The average molecular weight is 185 g/mol. The first kappa shape index (κ1) is 9.44. The lowest BCUT2D eigenvalue weighted by Gasteiger charge is -2.30. The van der Waals surface area contributed by atoms with Crippen LogP contribution in [-0.4, -0.2) is 50.0 Å². The van der Waals surface area contributed by atoms with E-state index in [2.05, 4.69) is 18.7 Å². The molecule has 2 rings (SSSR count). The van der Waals surface area contributed by atoms with Gasteiger partial charge >= 0.3 is 0 Å². The molecule has 0 amide bonds. The van der Waals surface area contributed by atoms with E-state index < -0.39 is 0 Å². The maximum atomic E-state index is 5.81. The second-order valence-electron chi connectivity index (χ2n) is 4.37. The van der Waals surface area contributed by atoms with Crippen LogP contribution in [0.15, 0.2) is 0 Å². The smallest absolute Gasteiger partial charge is 0.0935 e. The molecule has 0 radical (unpaired) electrons. The predicted octanol–water partition coefficient (Wildman–Crippen LogP) is 0.742. The molecular formula is C10H19NO2. The number of hydrogen-bond donors (Lipinski definition) is 0. The van der Waals surface area contributed by atoms with E-state index in [-0.39, 0.29) is 0 Å². The Hall–Kier alpha value is -0.120. The van der Waals surface area contributed by atoms with E-state index in [1.807, 2.05) is 0 Å². The molecule has 3 atom stereocenters. The van der Waals surface area contributed by atoms with Crippen LogP contribution < -0.4 is 0 Å². The Morgan fingerprint density at radius 2 is 2.08 bits per heavy atom. The lowest BCUT2D eigenvalue weighted by Crippen LogP contribution is -2.43. The van der Waals surface area contributed by atoms with Gasteiger partial charge in [-0.2, -0.15) is 0 Å². The Bertz CT molecular complexity index is 172. The number of nitrogens with zero attached hydrogens (tertiary/aromatic N) is 1. The highest BCUT2D eigenvalue weighted by Crippen LogP contribution is 2.17. The lowest BCUT2D eigenvalue weighted by atomic mass is 10.1. The first-order valence-electron chi connectivity index (χ1n) is 5.21. The van der Waals surface area contributed by atoms with Crippen LogP contribution in [0.1, 0.15) is 13.8 Å². The van der Waals surface area contributed by atoms with Crippen molar-refractivity contribution >= 4 is 0 Å². The molecule has 2 saturated heterocycles. The topological polar surface area (TPSA) is 21.7 Å². The predicted molar refractivity (Wildman–Crippen MR) is 50.8 cm³/mol. The van der Waals surface area contributed by atoms with Crippen molar-refractivity contribution in [2.75, 3.05) is 32.8 Å². The van der Waals surface area contributed by atoms with Gasteiger partial charge in [0.15, 0.2) is 0 Å². The second-order valence-corrected chi connectivity index (χ2v) is 4.37. The SMILES string of the molecule is CC(C)[C@H]1CN2CCO[C@H](CO1)C2. The molecule has 3 nitrogen and oxygen atoms in total. The fourth-order valence-corrected chi connectivity index (χ4v) is 1.99. The van der Waals surface area contributed by atoms with Crippen LogP contribution in [0.25, 0.3) is 0 Å². The quantitative estimate of drug-likeness (QED) is 0.601. The van der Waals surface area contributed by atoms with Crippen molar-refractivity contribution < 1.29 is 9.47 Å². The number of ether oxygens (including phenoxy) is 2. The lowest BCUT2D eigenvalue weighted by molar-refractivity contribution is -0.0474. The van der Waals surface area contributed by atoms with Crippen molar-refractivity contribution in [1.29, 1.82) is 0 Å². The molecule has 2 heterocycles. The molecule has 0 spiro atoms. The Balaban J connectivity index is 1.97. The summed E-state index contributed by atoms with van der Waals surface area (Å²) < 4.78 is 11.4. The molecule has 0 aromatic rings. The highest BCUT2D eigenvalue weighted by atomic mass is 16.5. The zero-order chi connectivity index (χ0) is 9.26. The van der Waals surface area contributed by atoms with E-state index in [0.717, 1.165) is 32.8 Å². The molecule has 0 aliphatic carbocycles. The summed E-state index contributed by atoms with van der Waals surface area (Å²) in [5.41, 5.74) is 0. The maximum Gasteiger partial charge on any atom is 0.0935 e. The van der Waals surface area contributed by atoms with Gasteiger partial charge in [0.2, 0.25) is 0 Å². The minimum absolute atomic E-state index is 0.317. The van der Waals surface area contributed by atoms with Gasteiger partial charge in [0.25, 0.3) is 0 Å². The minimum Gasteiger partial charge on any atom is -0.374 e. The summed E-state index contributed by atoms with van der Waals surface area (Å²) in [6.07, 6.45) is 0.712. The van der Waals surface area contributed by atoms with Crippen molar-refractivity contribution in [3.63, 3.8) is 0 Å². The number of fused-ring (bicyclic) bond motifs is 2. The summed E-state index contributed by atoms with van der Waals surface area (Å²) in [5.74, 6) is 0.611. The normalized spacial score (nSPS) is 40.4. The molecule has 2 bridgehead atoms. The van der Waals surface area contributed by atoms with E-state index in [1.54, 1.807) is 0 Å². The minimum atomic E-state index is 0.317. The van der Waals surface area contributed by atoms with Gasteiger partial charge in [0.05, 0.1) is 25.4 Å². The summed E-state index contributed by atoms with van der Waals surface area (Å²) in [6.45, 7) is 9.31. The van der Waals surface area contributed by atoms with Crippen molar-refractivity contribution in [3.05, 3.63) is 0 Å². The second kappa shape index (κ2) is 3.95. The summed E-state index contributed by atoms with van der Waals surface area (Å²) in [6, 6.07) is 0. The summed E-state index contributed by atoms with van der Waals surface area (Å²) in [5, 5.41) is 0. The largest absolute Gasteiger partial charge is 0.374 e. The van der Waals surface area contributed by atoms with Gasteiger partial charge in [-0.25, -0.2) is 0 Å². The standard InChI is InChI=1S/C10H19NO2/c1-8(2)10-6-11-3-4-12-9(5-11)7-13-10/h8-10H,3-7H2,1-2H3/t9-,10+/m0/s1. The molecule has 0 aromatic carbocycles. The molecule has 2 aliphatic heterocycles. The fraction of sp³-hybridized carbons (Fsp3) is 1.00. The van der Waals surface area contributed by atoms with Crippen LogP contribution in [0.2, 0.25) is 0 Å². The van der Waals surface area contributed by atoms with Gasteiger partial charge in [-0.3, -0.25) is 4.90 Å². The number of hydrogen-bond acceptors (Lipinski definition) is 3. The zero-order valence-corrected chi connectivity index (χ0v) is 8.53. The van der Waals surface area contributed by atoms with Gasteiger partial charge < -0.3 is 9.47 Å². The molecule has 0 N–H and O–H groups in total. The number of morpholine rings is 1. The molecule has 3 heteroatoms. The summed E-state index contributed by atoms with van der Waals surface area (Å²) >= 11 is 0. The van der Waals surface area contributed by atoms with E-state index >= 15 is 0 Å². The third-order valence-corrected chi connectivity index (χ3v) is 2.90. The van der Waals surface area contributed by atoms with Gasteiger partial charge in [0.1, 0.15) is 0 Å². The molecule has 0 aromatic heterocycles. The highest BCUT2D eigenvalue weighted by Gasteiger charge is 2.29. The van der Waals surface area contributed by atoms with E-state index in [0.29, 0.717) is 18.1 Å². The molecule has 13 heavy (non-hydrogen) atoms. The molecule has 2 fully saturated rings. The Labute approximate surface area is 80.0 Å². The molecular weight excluding hydrogens is 166 g/mol. The third-order valence-electron chi connectivity index (χ3n) is 2.90. The van der Waals surface area contributed by atoms with Crippen LogP contribution in [0.3, 0.4) is 0 Å². The third kappa shape index (κ3) is 2.22. The summed E-state index contributed by atoms with van der Waals surface area (Å²) in [4.78, 5) is 2.46. The monoisotopic (exact) mass is 185 g/mol. The van der Waals surface area contributed by atoms with Gasteiger partial charge in [-0.05, 0) is 5.92 Å². The van der Waals surface area contributed by atoms with Crippen LogP contribution in [-0.2, 0) is 9.47 Å². The Morgan fingerprint density at radius 1 is 1.23 bits per heavy atom. The maximum absolute atomic E-state index is 5.81. The molecule has 2 aliphatic rings. The van der Waals surface area contributed by atoms with E-state index in [9.17, 15) is 0 Å². The highest BCUT2D eigenvalue weighted by molar-refractivity contribution is 4.79. The first-order chi connectivity index (χ1) is 6.25. The molecule has 1 unspecified atom stereocenters. The van der Waals surface area contributed by atoms with Gasteiger partial charge in [0, 0.05) is 19.6 Å². The van der Waals surface area contributed by atoms with Crippen LogP contribution in [0.5, 0.6) is 0 Å². The van der Waals surface area contributed by atoms with Crippen LogP contribution in [0, 0.1) is 5.92 Å². The van der Waals surface area contributed by atoms with Crippen molar-refractivity contribution in [2.45, 2.75) is 26.1 Å². The number of rotatable bonds is 1. The van der Waals surface area contributed by atoms with Gasteiger partial charge in [-0.1, -0.05) is 13.8 Å². The summed E-state index contributed by atoms with van der Waals surface area (Å²) in [7, 11) is 0. The zero-order valence-electron chi connectivity index (χ0n) is 8.53. The molecule has 0 saturated carbocycles. The van der Waals surface area contributed by atoms with Crippen LogP contribution in [0.4, 0.5) is 0 Å². The first-order valence-corrected chi connectivity index (χ1v) is 5.21.